The Bertz CT molecular complexity index is 452. The molecule has 118 valence electrons. The van der Waals surface area contributed by atoms with Crippen LogP contribution in [0.15, 0.2) is 18.2 Å². The SMILES string of the molecule is CCCNC(Cc1ccc(OC)c(F)c1)C1COC(C)C1. The van der Waals surface area contributed by atoms with Crippen molar-refractivity contribution >= 4 is 0 Å². The molecule has 0 spiro atoms. The van der Waals surface area contributed by atoms with Gasteiger partial charge in [-0.2, -0.15) is 0 Å². The monoisotopic (exact) mass is 295 g/mol. The maximum Gasteiger partial charge on any atom is 0.165 e. The zero-order valence-electron chi connectivity index (χ0n) is 13.2. The van der Waals surface area contributed by atoms with Crippen molar-refractivity contribution in [3.8, 4) is 5.75 Å². The summed E-state index contributed by atoms with van der Waals surface area (Å²) in [6.45, 7) is 6.05. The molecule has 1 aromatic rings. The lowest BCUT2D eigenvalue weighted by atomic mass is 9.91. The van der Waals surface area contributed by atoms with Crippen molar-refractivity contribution in [2.24, 2.45) is 5.92 Å². The Morgan fingerprint density at radius 1 is 1.48 bits per heavy atom. The summed E-state index contributed by atoms with van der Waals surface area (Å²) in [4.78, 5) is 0. The first-order chi connectivity index (χ1) is 10.1. The van der Waals surface area contributed by atoms with Gasteiger partial charge in [0.1, 0.15) is 0 Å². The van der Waals surface area contributed by atoms with Gasteiger partial charge in [0.05, 0.1) is 19.8 Å². The van der Waals surface area contributed by atoms with Crippen LogP contribution in [0.25, 0.3) is 0 Å². The van der Waals surface area contributed by atoms with E-state index in [1.165, 1.54) is 7.11 Å². The van der Waals surface area contributed by atoms with Gasteiger partial charge in [-0.25, -0.2) is 4.39 Å². The average molecular weight is 295 g/mol. The van der Waals surface area contributed by atoms with E-state index in [1.54, 1.807) is 12.1 Å². The van der Waals surface area contributed by atoms with E-state index in [2.05, 4.69) is 19.2 Å². The van der Waals surface area contributed by atoms with E-state index >= 15 is 0 Å². The summed E-state index contributed by atoms with van der Waals surface area (Å²) in [5.74, 6) is 0.506. The molecular formula is C17H26FNO2. The van der Waals surface area contributed by atoms with Crippen LogP contribution >= 0.6 is 0 Å². The highest BCUT2D eigenvalue weighted by molar-refractivity contribution is 5.29. The summed E-state index contributed by atoms with van der Waals surface area (Å²) in [6, 6.07) is 5.57. The van der Waals surface area contributed by atoms with Crippen LogP contribution in [0.1, 0.15) is 32.3 Å². The number of hydrogen-bond donors (Lipinski definition) is 1. The van der Waals surface area contributed by atoms with E-state index in [4.69, 9.17) is 9.47 Å². The lowest BCUT2D eigenvalue weighted by molar-refractivity contribution is 0.117. The van der Waals surface area contributed by atoms with E-state index < -0.39 is 0 Å². The van der Waals surface area contributed by atoms with Crippen LogP contribution in [0.4, 0.5) is 4.39 Å². The molecule has 3 unspecified atom stereocenters. The van der Waals surface area contributed by atoms with Gasteiger partial charge in [-0.15, -0.1) is 0 Å². The second kappa shape index (κ2) is 7.76. The molecule has 1 saturated heterocycles. The molecule has 0 aromatic heterocycles. The minimum Gasteiger partial charge on any atom is -0.494 e. The standard InChI is InChI=1S/C17H26FNO2/c1-4-7-19-16(14-8-12(2)21-11-14)10-13-5-6-17(20-3)15(18)9-13/h5-6,9,12,14,16,19H,4,7-8,10-11H2,1-3H3. The maximum absolute atomic E-state index is 13.8. The van der Waals surface area contributed by atoms with Gasteiger partial charge in [0, 0.05) is 12.0 Å². The Hall–Kier alpha value is -1.13. The highest BCUT2D eigenvalue weighted by Crippen LogP contribution is 2.26. The molecule has 0 radical (unpaired) electrons. The minimum absolute atomic E-state index is 0.291. The fraction of sp³-hybridized carbons (Fsp3) is 0.647. The van der Waals surface area contributed by atoms with Crippen LogP contribution in [0.3, 0.4) is 0 Å². The third kappa shape index (κ3) is 4.42. The van der Waals surface area contributed by atoms with E-state index in [0.29, 0.717) is 23.8 Å². The molecular weight excluding hydrogens is 269 g/mol. The molecule has 0 bridgehead atoms. The van der Waals surface area contributed by atoms with Gasteiger partial charge in [-0.1, -0.05) is 13.0 Å². The van der Waals surface area contributed by atoms with Gasteiger partial charge in [-0.3, -0.25) is 0 Å². The van der Waals surface area contributed by atoms with Gasteiger partial charge in [-0.05, 0) is 50.4 Å². The van der Waals surface area contributed by atoms with Crippen LogP contribution in [-0.2, 0) is 11.2 Å². The summed E-state index contributed by atoms with van der Waals surface area (Å²) in [5.41, 5.74) is 1.00. The molecule has 1 aliphatic rings. The highest BCUT2D eigenvalue weighted by Gasteiger charge is 2.29. The predicted octanol–water partition coefficient (Wildman–Crippen LogP) is 3.17. The molecule has 0 amide bonds. The first-order valence-corrected chi connectivity index (χ1v) is 7.81. The quantitative estimate of drug-likeness (QED) is 0.838. The third-order valence-electron chi connectivity index (χ3n) is 4.13. The van der Waals surface area contributed by atoms with E-state index in [0.717, 1.165) is 38.0 Å². The Balaban J connectivity index is 2.05. The van der Waals surface area contributed by atoms with Crippen molar-refractivity contribution < 1.29 is 13.9 Å². The first kappa shape index (κ1) is 16.2. The van der Waals surface area contributed by atoms with Crippen LogP contribution in [0.2, 0.25) is 0 Å². The van der Waals surface area contributed by atoms with Crippen LogP contribution < -0.4 is 10.1 Å². The van der Waals surface area contributed by atoms with Gasteiger partial charge < -0.3 is 14.8 Å². The number of halogens is 1. The Morgan fingerprint density at radius 3 is 2.86 bits per heavy atom. The molecule has 3 nitrogen and oxygen atoms in total. The molecule has 0 saturated carbocycles. The molecule has 3 atom stereocenters. The highest BCUT2D eigenvalue weighted by atomic mass is 19.1. The summed E-state index contributed by atoms with van der Waals surface area (Å²) in [7, 11) is 1.49. The predicted molar refractivity (Wildman–Crippen MR) is 82.3 cm³/mol. The fourth-order valence-corrected chi connectivity index (χ4v) is 2.96. The normalized spacial score (nSPS) is 23.2. The largest absolute Gasteiger partial charge is 0.494 e. The molecule has 1 aliphatic heterocycles. The Morgan fingerprint density at radius 2 is 2.29 bits per heavy atom. The third-order valence-corrected chi connectivity index (χ3v) is 4.13. The van der Waals surface area contributed by atoms with E-state index in [-0.39, 0.29) is 5.82 Å². The van der Waals surface area contributed by atoms with Gasteiger partial charge >= 0.3 is 0 Å². The number of ether oxygens (including phenoxy) is 2. The molecule has 1 N–H and O–H groups in total. The van der Waals surface area contributed by atoms with Crippen LogP contribution in [0, 0.1) is 11.7 Å². The average Bonchev–Trinajstić information content (AvgIpc) is 2.90. The summed E-state index contributed by atoms with van der Waals surface area (Å²) >= 11 is 0. The van der Waals surface area contributed by atoms with Crippen molar-refractivity contribution in [3.05, 3.63) is 29.6 Å². The number of hydrogen-bond acceptors (Lipinski definition) is 3. The number of methoxy groups -OCH3 is 1. The van der Waals surface area contributed by atoms with Crippen molar-refractivity contribution in [2.75, 3.05) is 20.3 Å². The second-order valence-corrected chi connectivity index (χ2v) is 5.87. The summed E-state index contributed by atoms with van der Waals surface area (Å²) in [5, 5.41) is 3.59. The molecule has 4 heteroatoms. The van der Waals surface area contributed by atoms with E-state index in [1.807, 2.05) is 6.07 Å². The molecule has 21 heavy (non-hydrogen) atoms. The second-order valence-electron chi connectivity index (χ2n) is 5.87. The molecule has 0 aliphatic carbocycles. The van der Waals surface area contributed by atoms with Crippen molar-refractivity contribution in [3.63, 3.8) is 0 Å². The molecule has 1 fully saturated rings. The van der Waals surface area contributed by atoms with E-state index in [9.17, 15) is 4.39 Å². The molecule has 2 rings (SSSR count). The summed E-state index contributed by atoms with van der Waals surface area (Å²) in [6.07, 6.45) is 3.31. The number of rotatable bonds is 7. The smallest absolute Gasteiger partial charge is 0.165 e. The fourth-order valence-electron chi connectivity index (χ4n) is 2.96. The molecule has 1 heterocycles. The lowest BCUT2D eigenvalue weighted by Gasteiger charge is -2.24. The Labute approximate surface area is 126 Å². The van der Waals surface area contributed by atoms with Crippen molar-refractivity contribution in [1.29, 1.82) is 0 Å². The van der Waals surface area contributed by atoms with Gasteiger partial charge in [0.15, 0.2) is 11.6 Å². The minimum atomic E-state index is -0.291. The maximum atomic E-state index is 13.8. The topological polar surface area (TPSA) is 30.5 Å². The lowest BCUT2D eigenvalue weighted by Crippen LogP contribution is -2.39. The number of benzene rings is 1. The van der Waals surface area contributed by atoms with Crippen molar-refractivity contribution in [1.82, 2.24) is 5.32 Å². The zero-order valence-corrected chi connectivity index (χ0v) is 13.2. The van der Waals surface area contributed by atoms with Gasteiger partial charge in [0.25, 0.3) is 0 Å². The number of nitrogens with one attached hydrogen (secondary N) is 1. The Kier molecular flexibility index (Phi) is 6.00. The molecule has 1 aromatic carbocycles. The van der Waals surface area contributed by atoms with Crippen LogP contribution in [-0.4, -0.2) is 32.4 Å². The first-order valence-electron chi connectivity index (χ1n) is 7.81. The zero-order chi connectivity index (χ0) is 15.2. The van der Waals surface area contributed by atoms with Crippen LogP contribution in [0.5, 0.6) is 5.75 Å². The summed E-state index contributed by atoms with van der Waals surface area (Å²) < 4.78 is 24.5. The van der Waals surface area contributed by atoms with Crippen molar-refractivity contribution in [2.45, 2.75) is 45.3 Å². The van der Waals surface area contributed by atoms with Gasteiger partial charge in [0.2, 0.25) is 0 Å².